The molecule has 0 saturated heterocycles. The molecule has 0 radical (unpaired) electrons. The second kappa shape index (κ2) is 8.84. The Morgan fingerprint density at radius 2 is 1.93 bits per heavy atom. The Labute approximate surface area is 159 Å². The number of carbonyl (C=O) groups excluding carboxylic acids is 2. The van der Waals surface area contributed by atoms with Gasteiger partial charge in [-0.15, -0.1) is 0 Å². The number of amides is 2. The maximum absolute atomic E-state index is 13.4. The van der Waals surface area contributed by atoms with Crippen LogP contribution in [0.4, 0.5) is 4.39 Å². The lowest BCUT2D eigenvalue weighted by Crippen LogP contribution is -2.42. The van der Waals surface area contributed by atoms with Crippen molar-refractivity contribution in [1.82, 2.24) is 14.8 Å². The summed E-state index contributed by atoms with van der Waals surface area (Å²) in [5.41, 5.74) is 1.88. The zero-order valence-corrected chi connectivity index (χ0v) is 15.7. The van der Waals surface area contributed by atoms with Crippen LogP contribution in [0.25, 0.3) is 0 Å². The van der Waals surface area contributed by atoms with Gasteiger partial charge in [0.15, 0.2) is 0 Å². The van der Waals surface area contributed by atoms with Crippen LogP contribution < -0.4 is 5.32 Å². The van der Waals surface area contributed by atoms with Gasteiger partial charge in [-0.05, 0) is 36.2 Å². The molecule has 144 valence electrons. The quantitative estimate of drug-likeness (QED) is 0.760. The van der Waals surface area contributed by atoms with Crippen LogP contribution in [-0.2, 0) is 16.1 Å². The normalized spacial score (nSPS) is 16.1. The first-order valence-electron chi connectivity index (χ1n) is 9.57. The molecule has 1 N–H and O–H groups in total. The number of nitrogens with one attached hydrogen (secondary N) is 1. The maximum atomic E-state index is 13.4. The second-order valence-corrected chi connectivity index (χ2v) is 6.87. The molecular weight excluding hydrogens is 345 g/mol. The fourth-order valence-corrected chi connectivity index (χ4v) is 3.50. The van der Waals surface area contributed by atoms with Crippen molar-refractivity contribution in [3.63, 3.8) is 0 Å². The van der Waals surface area contributed by atoms with E-state index in [1.54, 1.807) is 12.1 Å². The van der Waals surface area contributed by atoms with Crippen LogP contribution in [0.1, 0.15) is 49.9 Å². The largest absolute Gasteiger partial charge is 0.356 e. The number of aromatic nitrogens is 1. The van der Waals surface area contributed by atoms with Crippen LogP contribution in [0.5, 0.6) is 0 Å². The fraction of sp³-hybridized carbons (Fsp3) is 0.429. The van der Waals surface area contributed by atoms with Gasteiger partial charge in [0.05, 0.1) is 6.04 Å². The number of hydrogen-bond acceptors (Lipinski definition) is 2. The van der Waals surface area contributed by atoms with E-state index < -0.39 is 0 Å². The number of fused-ring (bicyclic) bond motifs is 1. The Balaban J connectivity index is 1.72. The molecule has 3 rings (SSSR count). The summed E-state index contributed by atoms with van der Waals surface area (Å²) in [5, 5.41) is 2.85. The molecule has 6 heteroatoms. The lowest BCUT2D eigenvalue weighted by Gasteiger charge is -2.37. The fourth-order valence-electron chi connectivity index (χ4n) is 3.50. The highest BCUT2D eigenvalue weighted by molar-refractivity contribution is 5.84. The molecule has 5 nitrogen and oxygen atoms in total. The number of nitrogens with zero attached hydrogens (tertiary/aromatic N) is 2. The summed E-state index contributed by atoms with van der Waals surface area (Å²) in [5.74, 6) is -0.440. The Hall–Kier alpha value is -2.63. The first-order valence-corrected chi connectivity index (χ1v) is 9.57. The number of halogens is 1. The van der Waals surface area contributed by atoms with E-state index in [-0.39, 0.29) is 36.5 Å². The summed E-state index contributed by atoms with van der Waals surface area (Å²) in [6.07, 6.45) is 4.32. The molecule has 1 aromatic carbocycles. The smallest absolute Gasteiger partial charge is 0.223 e. The van der Waals surface area contributed by atoms with Crippen molar-refractivity contribution in [3.8, 4) is 0 Å². The van der Waals surface area contributed by atoms with Gasteiger partial charge in [-0.3, -0.25) is 9.59 Å². The molecular formula is C21H26FN3O2. The lowest BCUT2D eigenvalue weighted by atomic mass is 9.99. The van der Waals surface area contributed by atoms with Gasteiger partial charge in [0, 0.05) is 44.4 Å². The summed E-state index contributed by atoms with van der Waals surface area (Å²) >= 11 is 0. The van der Waals surface area contributed by atoms with Gasteiger partial charge < -0.3 is 14.8 Å². The topological polar surface area (TPSA) is 54.3 Å². The number of carbonyl (C=O) groups is 2. The van der Waals surface area contributed by atoms with E-state index in [1.165, 1.54) is 12.1 Å². The van der Waals surface area contributed by atoms with Gasteiger partial charge in [-0.2, -0.15) is 0 Å². The van der Waals surface area contributed by atoms with Gasteiger partial charge in [0.25, 0.3) is 0 Å². The van der Waals surface area contributed by atoms with E-state index in [2.05, 4.69) is 16.8 Å². The van der Waals surface area contributed by atoms with E-state index in [0.717, 1.165) is 24.1 Å². The van der Waals surface area contributed by atoms with Gasteiger partial charge in [-0.1, -0.05) is 25.5 Å². The van der Waals surface area contributed by atoms with Crippen molar-refractivity contribution in [2.24, 2.45) is 0 Å². The summed E-state index contributed by atoms with van der Waals surface area (Å²) in [6, 6.07) is 9.97. The molecule has 2 aromatic rings. The summed E-state index contributed by atoms with van der Waals surface area (Å²) < 4.78 is 15.5. The van der Waals surface area contributed by atoms with Crippen molar-refractivity contribution in [1.29, 1.82) is 0 Å². The first kappa shape index (κ1) is 19.1. The maximum Gasteiger partial charge on any atom is 0.223 e. The standard InChI is InChI=1S/C21H26FN3O2/c1-2-3-12-23-19(26)10-11-20(27)25-15-14-24-13-4-5-18(24)21(25)16-6-8-17(22)9-7-16/h4-9,13,21H,2-3,10-12,14-15H2,1H3,(H,23,26). The Bertz CT molecular complexity index is 785. The van der Waals surface area contributed by atoms with Crippen LogP contribution in [0, 0.1) is 5.82 Å². The molecule has 1 aliphatic heterocycles. The van der Waals surface area contributed by atoms with Crippen LogP contribution >= 0.6 is 0 Å². The number of hydrogen-bond donors (Lipinski definition) is 1. The van der Waals surface area contributed by atoms with Crippen LogP contribution in [0.3, 0.4) is 0 Å². The molecule has 0 aliphatic carbocycles. The second-order valence-electron chi connectivity index (χ2n) is 6.87. The Morgan fingerprint density at radius 3 is 2.67 bits per heavy atom. The molecule has 2 amide bonds. The molecule has 1 unspecified atom stereocenters. The summed E-state index contributed by atoms with van der Waals surface area (Å²) in [6.45, 7) is 4.00. The van der Waals surface area contributed by atoms with E-state index in [0.29, 0.717) is 19.6 Å². The van der Waals surface area contributed by atoms with E-state index in [1.807, 2.05) is 23.2 Å². The minimum absolute atomic E-state index is 0.0533. The zero-order chi connectivity index (χ0) is 19.2. The van der Waals surface area contributed by atoms with E-state index in [4.69, 9.17) is 0 Å². The van der Waals surface area contributed by atoms with Gasteiger partial charge in [0.2, 0.25) is 11.8 Å². The predicted octanol–water partition coefficient (Wildman–Crippen LogP) is 3.26. The highest BCUT2D eigenvalue weighted by Gasteiger charge is 2.32. The van der Waals surface area contributed by atoms with Crippen molar-refractivity contribution in [2.45, 2.75) is 45.2 Å². The summed E-state index contributed by atoms with van der Waals surface area (Å²) in [4.78, 5) is 26.6. The van der Waals surface area contributed by atoms with Crippen LogP contribution in [0.15, 0.2) is 42.6 Å². The van der Waals surface area contributed by atoms with Crippen molar-refractivity contribution < 1.29 is 14.0 Å². The minimum atomic E-state index is -0.299. The summed E-state index contributed by atoms with van der Waals surface area (Å²) in [7, 11) is 0. The zero-order valence-electron chi connectivity index (χ0n) is 15.7. The van der Waals surface area contributed by atoms with Gasteiger partial charge in [-0.25, -0.2) is 4.39 Å². The first-order chi connectivity index (χ1) is 13.1. The average molecular weight is 371 g/mol. The third-order valence-corrected chi connectivity index (χ3v) is 4.96. The van der Waals surface area contributed by atoms with Crippen molar-refractivity contribution >= 4 is 11.8 Å². The van der Waals surface area contributed by atoms with E-state index in [9.17, 15) is 14.0 Å². The third kappa shape index (κ3) is 4.56. The average Bonchev–Trinajstić information content (AvgIpc) is 3.15. The van der Waals surface area contributed by atoms with Crippen molar-refractivity contribution in [3.05, 3.63) is 59.7 Å². The molecule has 0 bridgehead atoms. The molecule has 1 aliphatic rings. The molecule has 1 aromatic heterocycles. The molecule has 27 heavy (non-hydrogen) atoms. The number of unbranched alkanes of at least 4 members (excludes halogenated alkanes) is 1. The van der Waals surface area contributed by atoms with Gasteiger partial charge >= 0.3 is 0 Å². The predicted molar refractivity (Wildman–Crippen MR) is 102 cm³/mol. The molecule has 0 spiro atoms. The lowest BCUT2D eigenvalue weighted by molar-refractivity contribution is -0.136. The highest BCUT2D eigenvalue weighted by atomic mass is 19.1. The molecule has 2 heterocycles. The third-order valence-electron chi connectivity index (χ3n) is 4.96. The monoisotopic (exact) mass is 371 g/mol. The van der Waals surface area contributed by atoms with Crippen LogP contribution in [-0.4, -0.2) is 34.4 Å². The number of rotatable bonds is 7. The number of benzene rings is 1. The molecule has 0 saturated carbocycles. The van der Waals surface area contributed by atoms with Crippen molar-refractivity contribution in [2.75, 3.05) is 13.1 Å². The van der Waals surface area contributed by atoms with Crippen LogP contribution in [0.2, 0.25) is 0 Å². The van der Waals surface area contributed by atoms with Gasteiger partial charge in [0.1, 0.15) is 5.82 Å². The minimum Gasteiger partial charge on any atom is -0.356 e. The van der Waals surface area contributed by atoms with E-state index >= 15 is 0 Å². The Kier molecular flexibility index (Phi) is 6.27. The SMILES string of the molecule is CCCCNC(=O)CCC(=O)N1CCn2cccc2C1c1ccc(F)cc1. The highest BCUT2D eigenvalue weighted by Crippen LogP contribution is 2.33. The molecule has 1 atom stereocenters. The molecule has 0 fully saturated rings. The Morgan fingerprint density at radius 1 is 1.15 bits per heavy atom.